The van der Waals surface area contributed by atoms with Crippen LogP contribution >= 0.6 is 0 Å². The highest BCUT2D eigenvalue weighted by Gasteiger charge is 2.07. The predicted octanol–water partition coefficient (Wildman–Crippen LogP) is 1.32. The van der Waals surface area contributed by atoms with Crippen LogP contribution in [-0.4, -0.2) is 25.5 Å². The van der Waals surface area contributed by atoms with E-state index in [1.54, 1.807) is 49.6 Å². The van der Waals surface area contributed by atoms with Crippen molar-refractivity contribution in [3.8, 4) is 11.5 Å². The smallest absolute Gasteiger partial charge is 0.265 e. The number of amides is 2. The minimum atomic E-state index is -0.434. The van der Waals surface area contributed by atoms with Gasteiger partial charge in [0, 0.05) is 17.3 Å². The molecule has 0 aliphatic heterocycles. The molecule has 7 heteroatoms. The molecule has 2 amide bonds. The molecule has 0 radical (unpaired) electrons. The number of nitrogen functional groups attached to an aromatic ring is 1. The lowest BCUT2D eigenvalue weighted by Crippen LogP contribution is -2.29. The summed E-state index contributed by atoms with van der Waals surface area (Å²) in [5.74, 6) is 5.35. The maximum Gasteiger partial charge on any atom is 0.265 e. The number of benzene rings is 2. The van der Waals surface area contributed by atoms with Gasteiger partial charge < -0.3 is 14.8 Å². The first-order valence-electron chi connectivity index (χ1n) is 6.80. The number of hydrogen-bond donors (Lipinski definition) is 3. The number of ether oxygens (including phenoxy) is 2. The highest BCUT2D eigenvalue weighted by atomic mass is 16.5. The van der Waals surface area contributed by atoms with Gasteiger partial charge in [-0.05, 0) is 30.3 Å². The molecule has 2 rings (SSSR count). The second-order valence-electron chi connectivity index (χ2n) is 4.57. The molecule has 0 heterocycles. The molecule has 0 atom stereocenters. The third-order valence-electron chi connectivity index (χ3n) is 2.95. The van der Waals surface area contributed by atoms with E-state index in [9.17, 15) is 9.59 Å². The molecule has 0 saturated carbocycles. The molecule has 7 nitrogen and oxygen atoms in total. The quantitative estimate of drug-likeness (QED) is 0.424. The van der Waals surface area contributed by atoms with Crippen molar-refractivity contribution in [2.45, 2.75) is 0 Å². The van der Waals surface area contributed by atoms with Gasteiger partial charge in [0.15, 0.2) is 6.61 Å². The maximum absolute atomic E-state index is 11.9. The Kier molecular flexibility index (Phi) is 5.54. The Balaban J connectivity index is 1.92. The number of hydrogen-bond acceptors (Lipinski definition) is 5. The summed E-state index contributed by atoms with van der Waals surface area (Å²) in [4.78, 5) is 23.3. The molecule has 23 heavy (non-hydrogen) atoms. The molecule has 0 bridgehead atoms. The number of carbonyl (C=O) groups excluding carboxylic acids is 2. The van der Waals surface area contributed by atoms with Crippen molar-refractivity contribution in [2.75, 3.05) is 19.0 Å². The van der Waals surface area contributed by atoms with Crippen LogP contribution in [0.25, 0.3) is 0 Å². The van der Waals surface area contributed by atoms with Crippen LogP contribution in [0.1, 0.15) is 10.4 Å². The molecule has 120 valence electrons. The third-order valence-corrected chi connectivity index (χ3v) is 2.95. The Morgan fingerprint density at radius 2 is 1.83 bits per heavy atom. The predicted molar refractivity (Wildman–Crippen MR) is 85.2 cm³/mol. The van der Waals surface area contributed by atoms with E-state index in [0.717, 1.165) is 0 Å². The molecule has 0 fully saturated rings. The number of carbonyl (C=O) groups is 2. The van der Waals surface area contributed by atoms with Gasteiger partial charge in [-0.15, -0.1) is 0 Å². The van der Waals surface area contributed by atoms with Gasteiger partial charge in [0.25, 0.3) is 11.8 Å². The van der Waals surface area contributed by atoms with Gasteiger partial charge in [0.2, 0.25) is 0 Å². The van der Waals surface area contributed by atoms with E-state index in [0.29, 0.717) is 22.7 Å². The van der Waals surface area contributed by atoms with Gasteiger partial charge in [-0.25, -0.2) is 5.84 Å². The number of methoxy groups -OCH3 is 1. The van der Waals surface area contributed by atoms with Gasteiger partial charge in [-0.1, -0.05) is 12.1 Å². The summed E-state index contributed by atoms with van der Waals surface area (Å²) in [6, 6.07) is 13.4. The van der Waals surface area contributed by atoms with Crippen LogP contribution in [0.2, 0.25) is 0 Å². The van der Waals surface area contributed by atoms with Crippen molar-refractivity contribution in [3.63, 3.8) is 0 Å². The molecule has 4 N–H and O–H groups in total. The summed E-state index contributed by atoms with van der Waals surface area (Å²) in [6.07, 6.45) is 0. The Hall–Kier alpha value is -3.06. The highest BCUT2D eigenvalue weighted by molar-refractivity contribution is 5.94. The zero-order valence-electron chi connectivity index (χ0n) is 12.5. The average Bonchev–Trinajstić information content (AvgIpc) is 2.59. The first-order chi connectivity index (χ1) is 11.1. The Bertz CT molecular complexity index is 703. The van der Waals surface area contributed by atoms with Gasteiger partial charge in [-0.2, -0.15) is 0 Å². The van der Waals surface area contributed by atoms with Gasteiger partial charge >= 0.3 is 0 Å². The molecule has 0 spiro atoms. The summed E-state index contributed by atoms with van der Waals surface area (Å²) < 4.78 is 10.4. The van der Waals surface area contributed by atoms with E-state index >= 15 is 0 Å². The normalized spacial score (nSPS) is 9.83. The molecule has 2 aromatic carbocycles. The van der Waals surface area contributed by atoms with Gasteiger partial charge in [0.05, 0.1) is 7.11 Å². The number of anilines is 1. The van der Waals surface area contributed by atoms with E-state index in [-0.39, 0.29) is 12.5 Å². The standard InChI is InChI=1S/C16H17N3O4/c1-22-13-6-3-5-12(9-13)18-15(20)10-23-14-7-2-4-11(8-14)16(21)19-17/h2-9H,10,17H2,1H3,(H,18,20)(H,19,21). The van der Waals surface area contributed by atoms with Crippen LogP contribution in [0.3, 0.4) is 0 Å². The fraction of sp³-hybridized carbons (Fsp3) is 0.125. The first-order valence-corrected chi connectivity index (χ1v) is 6.80. The Morgan fingerprint density at radius 3 is 2.57 bits per heavy atom. The van der Waals surface area contributed by atoms with Crippen molar-refractivity contribution in [3.05, 3.63) is 54.1 Å². The van der Waals surface area contributed by atoms with Crippen LogP contribution < -0.4 is 26.1 Å². The van der Waals surface area contributed by atoms with Crippen molar-refractivity contribution < 1.29 is 19.1 Å². The number of rotatable bonds is 6. The minimum absolute atomic E-state index is 0.190. The largest absolute Gasteiger partial charge is 0.497 e. The van der Waals surface area contributed by atoms with Crippen LogP contribution in [0.15, 0.2) is 48.5 Å². The Morgan fingerprint density at radius 1 is 1.09 bits per heavy atom. The minimum Gasteiger partial charge on any atom is -0.497 e. The lowest BCUT2D eigenvalue weighted by molar-refractivity contribution is -0.118. The third kappa shape index (κ3) is 4.72. The number of hydrazine groups is 1. The SMILES string of the molecule is COc1cccc(NC(=O)COc2cccc(C(=O)NN)c2)c1. The molecule has 2 aromatic rings. The highest BCUT2D eigenvalue weighted by Crippen LogP contribution is 2.17. The van der Waals surface area contributed by atoms with Crippen LogP contribution in [0.5, 0.6) is 11.5 Å². The monoisotopic (exact) mass is 315 g/mol. The van der Waals surface area contributed by atoms with Gasteiger partial charge in [-0.3, -0.25) is 15.0 Å². The van der Waals surface area contributed by atoms with Crippen molar-refractivity contribution in [1.29, 1.82) is 0 Å². The molecule has 0 unspecified atom stereocenters. The van der Waals surface area contributed by atoms with E-state index in [1.165, 1.54) is 6.07 Å². The van der Waals surface area contributed by atoms with Crippen LogP contribution in [-0.2, 0) is 4.79 Å². The number of nitrogens with two attached hydrogens (primary N) is 1. The summed E-state index contributed by atoms with van der Waals surface area (Å²) in [5, 5.41) is 2.69. The van der Waals surface area contributed by atoms with E-state index in [1.807, 2.05) is 5.43 Å². The first kappa shape index (κ1) is 16.3. The van der Waals surface area contributed by atoms with Crippen molar-refractivity contribution in [2.24, 2.45) is 5.84 Å². The van der Waals surface area contributed by atoms with E-state index in [2.05, 4.69) is 5.32 Å². The molecule has 0 aliphatic rings. The van der Waals surface area contributed by atoms with Crippen LogP contribution in [0, 0.1) is 0 Å². The van der Waals surface area contributed by atoms with Crippen LogP contribution in [0.4, 0.5) is 5.69 Å². The average molecular weight is 315 g/mol. The number of nitrogens with one attached hydrogen (secondary N) is 2. The summed E-state index contributed by atoms with van der Waals surface area (Å²) in [7, 11) is 1.55. The summed E-state index contributed by atoms with van der Waals surface area (Å²) >= 11 is 0. The van der Waals surface area contributed by atoms with Gasteiger partial charge in [0.1, 0.15) is 11.5 Å². The molecule has 0 saturated heterocycles. The summed E-state index contributed by atoms with van der Waals surface area (Å²) in [5.41, 5.74) is 2.98. The maximum atomic E-state index is 11.9. The van der Waals surface area contributed by atoms with Crippen molar-refractivity contribution >= 4 is 17.5 Å². The fourth-order valence-electron chi connectivity index (χ4n) is 1.86. The zero-order chi connectivity index (χ0) is 16.7. The molecular formula is C16H17N3O4. The summed E-state index contributed by atoms with van der Waals surface area (Å²) in [6.45, 7) is -0.190. The van der Waals surface area contributed by atoms with E-state index < -0.39 is 5.91 Å². The molecule has 0 aliphatic carbocycles. The molecular weight excluding hydrogens is 298 g/mol. The second-order valence-corrected chi connectivity index (χ2v) is 4.57. The lowest BCUT2D eigenvalue weighted by atomic mass is 10.2. The Labute approximate surface area is 133 Å². The fourth-order valence-corrected chi connectivity index (χ4v) is 1.86. The zero-order valence-corrected chi connectivity index (χ0v) is 12.5. The topological polar surface area (TPSA) is 103 Å². The van der Waals surface area contributed by atoms with Crippen molar-refractivity contribution in [1.82, 2.24) is 5.43 Å². The second kappa shape index (κ2) is 7.81. The lowest BCUT2D eigenvalue weighted by Gasteiger charge is -2.09. The molecule has 0 aromatic heterocycles. The van der Waals surface area contributed by atoms with E-state index in [4.69, 9.17) is 15.3 Å².